The van der Waals surface area contributed by atoms with Gasteiger partial charge in [-0.1, -0.05) is 132 Å². The lowest BCUT2D eigenvalue weighted by Gasteiger charge is -2.40. The lowest BCUT2D eigenvalue weighted by Crippen LogP contribution is -2.60. The Labute approximate surface area is 302 Å². The van der Waals surface area contributed by atoms with Gasteiger partial charge in [0, 0.05) is 6.42 Å². The second kappa shape index (κ2) is 31.4. The SMILES string of the molecule is CC/C=C\C/C=C\C/C=C\C/C=C\C/C=C\CCCC(=O)NC(COC1OC(CO)C(O)C(O)C1O)C(O)/C=C/CCCCCCCCCC. The first-order valence-electron chi connectivity index (χ1n) is 19.2. The van der Waals surface area contributed by atoms with Gasteiger partial charge in [0.2, 0.25) is 5.91 Å². The number of rotatable bonds is 29. The average Bonchev–Trinajstić information content (AvgIpc) is 3.11. The van der Waals surface area contributed by atoms with Crippen molar-refractivity contribution < 1.29 is 39.8 Å². The molecule has 1 rings (SSSR count). The summed E-state index contributed by atoms with van der Waals surface area (Å²) in [6.45, 7) is 3.56. The molecule has 7 atom stereocenters. The molecule has 1 amide bonds. The summed E-state index contributed by atoms with van der Waals surface area (Å²) in [6, 6.07) is -0.835. The summed E-state index contributed by atoms with van der Waals surface area (Å²) in [5.74, 6) is -0.240. The molecule has 1 aliphatic heterocycles. The van der Waals surface area contributed by atoms with Gasteiger partial charge in [-0.2, -0.15) is 0 Å². The van der Waals surface area contributed by atoms with Crippen LogP contribution in [-0.4, -0.2) is 87.5 Å². The third-order valence-corrected chi connectivity index (χ3v) is 8.54. The van der Waals surface area contributed by atoms with E-state index in [4.69, 9.17) is 9.47 Å². The van der Waals surface area contributed by atoms with Gasteiger partial charge in [0.05, 0.1) is 25.4 Å². The summed E-state index contributed by atoms with van der Waals surface area (Å²) in [6.07, 6.45) is 33.8. The summed E-state index contributed by atoms with van der Waals surface area (Å²) >= 11 is 0. The fraction of sp³-hybridized carbons (Fsp3) is 0.683. The van der Waals surface area contributed by atoms with Crippen LogP contribution in [0.4, 0.5) is 0 Å². The number of hydrogen-bond acceptors (Lipinski definition) is 8. The summed E-state index contributed by atoms with van der Waals surface area (Å²) in [5, 5.41) is 53.8. The van der Waals surface area contributed by atoms with Gasteiger partial charge in [0.1, 0.15) is 24.4 Å². The number of hydrogen-bond donors (Lipinski definition) is 6. The van der Waals surface area contributed by atoms with E-state index in [0.717, 1.165) is 57.8 Å². The number of aliphatic hydroxyl groups is 5. The first-order chi connectivity index (χ1) is 24.3. The van der Waals surface area contributed by atoms with Crippen molar-refractivity contribution >= 4 is 5.91 Å². The van der Waals surface area contributed by atoms with E-state index in [9.17, 15) is 30.3 Å². The van der Waals surface area contributed by atoms with Crippen LogP contribution in [0.15, 0.2) is 72.9 Å². The largest absolute Gasteiger partial charge is 0.394 e. The van der Waals surface area contributed by atoms with E-state index in [0.29, 0.717) is 6.42 Å². The highest BCUT2D eigenvalue weighted by molar-refractivity contribution is 5.76. The zero-order valence-corrected chi connectivity index (χ0v) is 30.9. The van der Waals surface area contributed by atoms with Gasteiger partial charge < -0.3 is 40.3 Å². The number of nitrogens with one attached hydrogen (secondary N) is 1. The molecule has 0 saturated carbocycles. The molecule has 1 aliphatic rings. The molecule has 0 aromatic carbocycles. The number of unbranched alkanes of at least 4 members (excludes halogenated alkanes) is 9. The Kier molecular flexibility index (Phi) is 28.6. The lowest BCUT2D eigenvalue weighted by molar-refractivity contribution is -0.302. The van der Waals surface area contributed by atoms with Gasteiger partial charge in [-0.3, -0.25) is 4.79 Å². The van der Waals surface area contributed by atoms with E-state index in [1.54, 1.807) is 6.08 Å². The van der Waals surface area contributed by atoms with Gasteiger partial charge in [-0.15, -0.1) is 0 Å². The molecule has 1 fully saturated rings. The fourth-order valence-electron chi connectivity index (χ4n) is 5.42. The molecule has 0 spiro atoms. The molecule has 0 aliphatic carbocycles. The molecule has 7 unspecified atom stereocenters. The predicted octanol–water partition coefficient (Wildman–Crippen LogP) is 6.66. The summed E-state index contributed by atoms with van der Waals surface area (Å²) in [7, 11) is 0. The van der Waals surface area contributed by atoms with E-state index < -0.39 is 49.5 Å². The van der Waals surface area contributed by atoms with Crippen LogP contribution in [0.5, 0.6) is 0 Å². The second-order valence-corrected chi connectivity index (χ2v) is 13.0. The van der Waals surface area contributed by atoms with Crippen molar-refractivity contribution in [1.29, 1.82) is 0 Å². The summed E-state index contributed by atoms with van der Waals surface area (Å²) in [4.78, 5) is 12.8. The predicted molar refractivity (Wildman–Crippen MR) is 202 cm³/mol. The monoisotopic (exact) mass is 704 g/mol. The Morgan fingerprint density at radius 2 is 1.24 bits per heavy atom. The zero-order chi connectivity index (χ0) is 36.7. The third-order valence-electron chi connectivity index (χ3n) is 8.54. The maximum atomic E-state index is 12.8. The highest BCUT2D eigenvalue weighted by Crippen LogP contribution is 2.22. The van der Waals surface area contributed by atoms with E-state index in [1.807, 2.05) is 6.08 Å². The van der Waals surface area contributed by atoms with Crippen LogP contribution in [-0.2, 0) is 14.3 Å². The Balaban J connectivity index is 2.50. The van der Waals surface area contributed by atoms with E-state index in [-0.39, 0.29) is 18.9 Å². The summed E-state index contributed by atoms with van der Waals surface area (Å²) < 4.78 is 11.1. The molecule has 6 N–H and O–H groups in total. The molecule has 9 heteroatoms. The van der Waals surface area contributed by atoms with Crippen LogP contribution in [0.2, 0.25) is 0 Å². The molecule has 0 radical (unpaired) electrons. The maximum absolute atomic E-state index is 12.8. The van der Waals surface area contributed by atoms with Crippen molar-refractivity contribution in [1.82, 2.24) is 5.32 Å². The third kappa shape index (κ3) is 22.4. The van der Waals surface area contributed by atoms with Crippen molar-refractivity contribution in [2.75, 3.05) is 13.2 Å². The minimum atomic E-state index is -1.58. The molecular formula is C41H69NO8. The van der Waals surface area contributed by atoms with Gasteiger partial charge >= 0.3 is 0 Å². The normalized spacial score (nSPS) is 23.1. The van der Waals surface area contributed by atoms with E-state index in [1.165, 1.54) is 38.5 Å². The number of allylic oxidation sites excluding steroid dienone is 11. The van der Waals surface area contributed by atoms with Crippen LogP contribution >= 0.6 is 0 Å². The molecular weight excluding hydrogens is 634 g/mol. The van der Waals surface area contributed by atoms with E-state index in [2.05, 4.69) is 79.9 Å². The summed E-state index contributed by atoms with van der Waals surface area (Å²) in [5.41, 5.74) is 0. The Morgan fingerprint density at radius 3 is 1.82 bits per heavy atom. The molecule has 0 aromatic heterocycles. The molecule has 9 nitrogen and oxygen atoms in total. The number of carbonyl (C=O) groups is 1. The highest BCUT2D eigenvalue weighted by atomic mass is 16.7. The van der Waals surface area contributed by atoms with Crippen LogP contribution in [0.3, 0.4) is 0 Å². The molecule has 286 valence electrons. The van der Waals surface area contributed by atoms with Crippen LogP contribution in [0.1, 0.15) is 123 Å². The first kappa shape index (κ1) is 45.7. The van der Waals surface area contributed by atoms with Crippen molar-refractivity contribution in [3.8, 4) is 0 Å². The van der Waals surface area contributed by atoms with Gasteiger partial charge in [-0.25, -0.2) is 0 Å². The Bertz CT molecular complexity index is 1000. The Morgan fingerprint density at radius 1 is 0.700 bits per heavy atom. The molecule has 0 bridgehead atoms. The smallest absolute Gasteiger partial charge is 0.220 e. The first-order valence-corrected chi connectivity index (χ1v) is 19.2. The van der Waals surface area contributed by atoms with Crippen molar-refractivity contribution in [3.05, 3.63) is 72.9 Å². The van der Waals surface area contributed by atoms with Crippen molar-refractivity contribution in [2.24, 2.45) is 0 Å². The van der Waals surface area contributed by atoms with Crippen molar-refractivity contribution in [2.45, 2.75) is 166 Å². The van der Waals surface area contributed by atoms with Crippen LogP contribution < -0.4 is 5.32 Å². The standard InChI is InChI=1S/C41H69NO8/c1-3-5-7-9-11-13-15-16-17-18-19-20-21-23-25-27-29-31-37(45)42-34(33-49-41-40(48)39(47)38(46)36(32-43)50-41)35(44)30-28-26-24-22-14-12-10-8-6-4-2/h5,7,11,13,16-17,19-20,23,25,28,30,34-36,38-41,43-44,46-48H,3-4,6,8-10,12,14-15,18,21-22,24,26-27,29,31-33H2,1-2H3,(H,42,45)/b7-5-,13-11-,17-16-,20-19-,25-23-,30-28+. The maximum Gasteiger partial charge on any atom is 0.220 e. The lowest BCUT2D eigenvalue weighted by atomic mass is 9.99. The number of amides is 1. The van der Waals surface area contributed by atoms with Gasteiger partial charge in [0.25, 0.3) is 0 Å². The minimum absolute atomic E-state index is 0.216. The Hall–Kier alpha value is -2.37. The quantitative estimate of drug-likeness (QED) is 0.0375. The van der Waals surface area contributed by atoms with E-state index >= 15 is 0 Å². The topological polar surface area (TPSA) is 149 Å². The van der Waals surface area contributed by atoms with Gasteiger partial charge in [-0.05, 0) is 57.8 Å². The average molecular weight is 704 g/mol. The number of aliphatic hydroxyl groups excluding tert-OH is 5. The number of ether oxygens (including phenoxy) is 2. The second-order valence-electron chi connectivity index (χ2n) is 13.0. The molecule has 50 heavy (non-hydrogen) atoms. The molecule has 1 heterocycles. The highest BCUT2D eigenvalue weighted by Gasteiger charge is 2.44. The van der Waals surface area contributed by atoms with Crippen LogP contribution in [0.25, 0.3) is 0 Å². The zero-order valence-electron chi connectivity index (χ0n) is 30.9. The minimum Gasteiger partial charge on any atom is -0.394 e. The van der Waals surface area contributed by atoms with Crippen molar-refractivity contribution in [3.63, 3.8) is 0 Å². The van der Waals surface area contributed by atoms with Crippen LogP contribution in [0, 0.1) is 0 Å². The fourth-order valence-corrected chi connectivity index (χ4v) is 5.42. The molecule has 0 aromatic rings. The van der Waals surface area contributed by atoms with Gasteiger partial charge in [0.15, 0.2) is 6.29 Å². The number of carbonyl (C=O) groups excluding carboxylic acids is 1. The molecule has 1 saturated heterocycles.